The van der Waals surface area contributed by atoms with Crippen LogP contribution in [0, 0.1) is 0 Å². The topological polar surface area (TPSA) is 96.8 Å². The van der Waals surface area contributed by atoms with Crippen LogP contribution in [0.4, 0.5) is 0 Å². The first-order chi connectivity index (χ1) is 8.16. The van der Waals surface area contributed by atoms with Gasteiger partial charge in [0.05, 0.1) is 5.71 Å². The second-order valence-corrected chi connectivity index (χ2v) is 3.62. The van der Waals surface area contributed by atoms with E-state index < -0.39 is 0 Å². The van der Waals surface area contributed by atoms with Crippen LogP contribution in [-0.4, -0.2) is 24.9 Å². The molecular formula is C11H15N4O2+. The van der Waals surface area contributed by atoms with Crippen molar-refractivity contribution in [3.05, 3.63) is 23.8 Å². The van der Waals surface area contributed by atoms with Gasteiger partial charge in [0, 0.05) is 5.56 Å². The monoisotopic (exact) mass is 235 g/mol. The number of hydrogen-bond acceptors (Lipinski definition) is 3. The molecule has 1 aliphatic rings. The Balaban J connectivity index is 2.28. The Bertz CT molecular complexity index is 478. The van der Waals surface area contributed by atoms with Gasteiger partial charge in [-0.1, -0.05) is 0 Å². The molecular weight excluding hydrogens is 220 g/mol. The van der Waals surface area contributed by atoms with Gasteiger partial charge in [0.25, 0.3) is 0 Å². The fraction of sp³-hybridized carbons (Fsp3) is 0.273. The van der Waals surface area contributed by atoms with Crippen molar-refractivity contribution in [3.63, 3.8) is 0 Å². The first kappa shape index (κ1) is 11.3. The molecule has 0 bridgehead atoms. The van der Waals surface area contributed by atoms with Crippen LogP contribution in [-0.2, 0) is 0 Å². The lowest BCUT2D eigenvalue weighted by atomic mass is 10.1. The van der Waals surface area contributed by atoms with Crippen molar-refractivity contribution in [3.8, 4) is 11.5 Å². The summed E-state index contributed by atoms with van der Waals surface area (Å²) in [5.41, 5.74) is 12.2. The molecule has 0 spiro atoms. The smallest absolute Gasteiger partial charge is 0.362 e. The highest BCUT2D eigenvalue weighted by Crippen LogP contribution is 2.30. The number of ether oxygens (including phenoxy) is 2. The molecule has 1 aromatic carbocycles. The number of nitrogens with one attached hydrogen (secondary N) is 1. The Morgan fingerprint density at radius 3 is 2.65 bits per heavy atom. The van der Waals surface area contributed by atoms with Gasteiger partial charge < -0.3 is 9.47 Å². The molecule has 6 nitrogen and oxygen atoms in total. The van der Waals surface area contributed by atoms with Crippen LogP contribution < -0.4 is 26.0 Å². The predicted molar refractivity (Wildman–Crippen MR) is 64.0 cm³/mol. The quantitative estimate of drug-likeness (QED) is 0.331. The van der Waals surface area contributed by atoms with Crippen molar-refractivity contribution in [2.45, 2.75) is 6.92 Å². The summed E-state index contributed by atoms with van der Waals surface area (Å²) in [5, 5.41) is 6.54. The zero-order valence-corrected chi connectivity index (χ0v) is 9.56. The number of nitrogens with two attached hydrogens (primary N) is 2. The van der Waals surface area contributed by atoms with E-state index in [9.17, 15) is 0 Å². The van der Waals surface area contributed by atoms with E-state index >= 15 is 0 Å². The van der Waals surface area contributed by atoms with Gasteiger partial charge in [-0.15, -0.1) is 5.10 Å². The van der Waals surface area contributed by atoms with E-state index in [2.05, 4.69) is 10.2 Å². The van der Waals surface area contributed by atoms with Crippen LogP contribution in [0.3, 0.4) is 0 Å². The van der Waals surface area contributed by atoms with Gasteiger partial charge in [-0.3, -0.25) is 11.5 Å². The molecule has 0 atom stereocenters. The molecule has 0 amide bonds. The third-order valence-electron chi connectivity index (χ3n) is 2.31. The minimum absolute atomic E-state index is 0.0573. The first-order valence-corrected chi connectivity index (χ1v) is 5.25. The Morgan fingerprint density at radius 2 is 1.94 bits per heavy atom. The van der Waals surface area contributed by atoms with Crippen LogP contribution in [0.1, 0.15) is 12.5 Å². The van der Waals surface area contributed by atoms with E-state index in [1.807, 2.05) is 25.1 Å². The molecule has 0 aromatic heterocycles. The Labute approximate surface area is 98.9 Å². The number of guanidine groups is 1. The number of fused-ring (bicyclic) bond motifs is 1. The van der Waals surface area contributed by atoms with Gasteiger partial charge in [0.1, 0.15) is 13.2 Å². The lowest BCUT2D eigenvalue weighted by Gasteiger charge is -2.18. The molecule has 0 saturated carbocycles. The molecule has 1 aliphatic heterocycles. The number of nitrogens with zero attached hydrogens (tertiary/aromatic N) is 1. The number of hydrazone groups is 1. The van der Waals surface area contributed by atoms with Crippen molar-refractivity contribution < 1.29 is 14.6 Å². The van der Waals surface area contributed by atoms with Crippen molar-refractivity contribution in [2.75, 3.05) is 13.2 Å². The maximum atomic E-state index is 5.48. The Kier molecular flexibility index (Phi) is 3.13. The van der Waals surface area contributed by atoms with Crippen molar-refractivity contribution in [1.82, 2.24) is 0 Å². The summed E-state index contributed by atoms with van der Waals surface area (Å²) >= 11 is 0. The molecule has 5 N–H and O–H groups in total. The minimum Gasteiger partial charge on any atom is -0.486 e. The van der Waals surface area contributed by atoms with Crippen molar-refractivity contribution in [2.24, 2.45) is 16.6 Å². The highest BCUT2D eigenvalue weighted by molar-refractivity contribution is 5.98. The van der Waals surface area contributed by atoms with Crippen LogP contribution in [0.2, 0.25) is 0 Å². The van der Waals surface area contributed by atoms with Crippen molar-refractivity contribution in [1.29, 1.82) is 0 Å². The maximum Gasteiger partial charge on any atom is 0.362 e. The van der Waals surface area contributed by atoms with E-state index in [0.29, 0.717) is 13.2 Å². The second kappa shape index (κ2) is 4.73. The molecule has 0 saturated heterocycles. The lowest BCUT2D eigenvalue weighted by molar-refractivity contribution is -0.464. The van der Waals surface area contributed by atoms with Gasteiger partial charge in [-0.05, 0) is 25.1 Å². The normalized spacial score (nSPS) is 14.3. The summed E-state index contributed by atoms with van der Waals surface area (Å²) in [6.45, 7) is 3.00. The SMILES string of the molecule is C/C(=N/[NH+]=C(N)N)c1ccc2c(c1)OCCO2. The summed E-state index contributed by atoms with van der Waals surface area (Å²) in [5.74, 6) is 1.54. The standard InChI is InChI=1S/C11H14N4O2/c1-7(14-15-11(12)13)8-2-3-9-10(6-8)17-5-4-16-9/h2-3,6H,4-5H2,1H3,(H4,12,13,15)/p+1/b14-7-. The molecule has 17 heavy (non-hydrogen) atoms. The highest BCUT2D eigenvalue weighted by Gasteiger charge is 2.12. The summed E-state index contributed by atoms with van der Waals surface area (Å²) in [6, 6.07) is 5.64. The fourth-order valence-corrected chi connectivity index (χ4v) is 1.48. The summed E-state index contributed by atoms with van der Waals surface area (Å²) in [6.07, 6.45) is 0. The van der Waals surface area contributed by atoms with E-state index in [0.717, 1.165) is 22.8 Å². The summed E-state index contributed by atoms with van der Waals surface area (Å²) in [4.78, 5) is 0. The van der Waals surface area contributed by atoms with Gasteiger partial charge in [-0.2, -0.15) is 5.10 Å². The molecule has 1 heterocycles. The molecule has 0 aliphatic carbocycles. The van der Waals surface area contributed by atoms with Gasteiger partial charge in [0.15, 0.2) is 11.5 Å². The predicted octanol–water partition coefficient (Wildman–Crippen LogP) is -1.46. The van der Waals surface area contributed by atoms with Crippen LogP contribution >= 0.6 is 0 Å². The lowest BCUT2D eigenvalue weighted by Crippen LogP contribution is -2.72. The van der Waals surface area contributed by atoms with Crippen LogP contribution in [0.5, 0.6) is 11.5 Å². The number of benzene rings is 1. The van der Waals surface area contributed by atoms with Crippen LogP contribution in [0.25, 0.3) is 0 Å². The van der Waals surface area contributed by atoms with Gasteiger partial charge in [-0.25, -0.2) is 0 Å². The Morgan fingerprint density at radius 1 is 1.24 bits per heavy atom. The average Bonchev–Trinajstić information content (AvgIpc) is 2.35. The molecule has 0 unspecified atom stereocenters. The summed E-state index contributed by atoms with van der Waals surface area (Å²) in [7, 11) is 0. The van der Waals surface area contributed by atoms with E-state index in [4.69, 9.17) is 20.9 Å². The molecule has 1 aromatic rings. The zero-order chi connectivity index (χ0) is 12.3. The van der Waals surface area contributed by atoms with Gasteiger partial charge in [0.2, 0.25) is 0 Å². The van der Waals surface area contributed by atoms with E-state index in [1.54, 1.807) is 0 Å². The Hall–Kier alpha value is -2.24. The number of rotatable bonds is 2. The molecule has 2 rings (SSSR count). The molecule has 0 radical (unpaired) electrons. The average molecular weight is 235 g/mol. The largest absolute Gasteiger partial charge is 0.486 e. The second-order valence-electron chi connectivity index (χ2n) is 3.62. The third-order valence-corrected chi connectivity index (χ3v) is 2.31. The summed E-state index contributed by atoms with van der Waals surface area (Å²) < 4.78 is 10.9. The maximum absolute atomic E-state index is 5.48. The van der Waals surface area contributed by atoms with Crippen molar-refractivity contribution >= 4 is 11.7 Å². The first-order valence-electron chi connectivity index (χ1n) is 5.25. The highest BCUT2D eigenvalue weighted by atomic mass is 16.6. The fourth-order valence-electron chi connectivity index (χ4n) is 1.48. The van der Waals surface area contributed by atoms with E-state index in [1.165, 1.54) is 0 Å². The third kappa shape index (κ3) is 2.66. The van der Waals surface area contributed by atoms with E-state index in [-0.39, 0.29) is 5.96 Å². The molecule has 0 fully saturated rings. The zero-order valence-electron chi connectivity index (χ0n) is 9.56. The van der Waals surface area contributed by atoms with Gasteiger partial charge >= 0.3 is 5.96 Å². The molecule has 90 valence electrons. The van der Waals surface area contributed by atoms with Crippen LogP contribution in [0.15, 0.2) is 23.3 Å². The molecule has 6 heteroatoms. The number of hydrogen-bond donors (Lipinski definition) is 3. The minimum atomic E-state index is 0.0573.